The van der Waals surface area contributed by atoms with Crippen LogP contribution in [0.2, 0.25) is 0 Å². The Balaban J connectivity index is 2.06. The second kappa shape index (κ2) is 4.70. The molecule has 2 rings (SSSR count). The van der Waals surface area contributed by atoms with E-state index in [4.69, 9.17) is 5.11 Å². The quantitative estimate of drug-likeness (QED) is 0.442. The van der Waals surface area contributed by atoms with Crippen molar-refractivity contribution in [1.29, 1.82) is 0 Å². The van der Waals surface area contributed by atoms with Crippen molar-refractivity contribution < 1.29 is 24.4 Å². The fraction of sp³-hybridized carbons (Fsp3) is 0.700. The Morgan fingerprint density at radius 2 is 2.00 bits per heavy atom. The molecule has 0 bridgehead atoms. The highest BCUT2D eigenvalue weighted by atomic mass is 16.4. The van der Waals surface area contributed by atoms with Gasteiger partial charge in [0.2, 0.25) is 5.91 Å². The van der Waals surface area contributed by atoms with Crippen molar-refractivity contribution in [3.05, 3.63) is 0 Å². The number of hydrogen-bond acceptors (Lipinski definition) is 3. The summed E-state index contributed by atoms with van der Waals surface area (Å²) in [5.41, 5.74) is 0. The lowest BCUT2D eigenvalue weighted by Gasteiger charge is -2.29. The summed E-state index contributed by atoms with van der Waals surface area (Å²) in [5.74, 6) is -2.32. The third-order valence-electron chi connectivity index (χ3n) is 3.35. The van der Waals surface area contributed by atoms with E-state index in [0.717, 1.165) is 25.9 Å². The molecule has 0 saturated carbocycles. The summed E-state index contributed by atoms with van der Waals surface area (Å²) in [6, 6.07) is -1.83. The number of likely N-dealkylation sites (tertiary alicyclic amines) is 1. The number of carboxylic acids is 1. The Hall–Kier alpha value is -1.63. The minimum Gasteiger partial charge on any atom is -0.480 e. The standard InChI is InChI=1S/C10H15N3O4/c14-8-6(5-13-3-1-2-4-13)7(9(15)16)11-10(17)12-8/h6-7H,1-5H2,(H,15,16)(H2,11,12,14,17)/p+1. The van der Waals surface area contributed by atoms with E-state index in [0.29, 0.717) is 6.54 Å². The van der Waals surface area contributed by atoms with Gasteiger partial charge in [0.05, 0.1) is 19.6 Å². The predicted molar refractivity (Wildman–Crippen MR) is 56.4 cm³/mol. The summed E-state index contributed by atoms with van der Waals surface area (Å²) < 4.78 is 0. The Morgan fingerprint density at radius 1 is 1.35 bits per heavy atom. The third-order valence-corrected chi connectivity index (χ3v) is 3.35. The van der Waals surface area contributed by atoms with E-state index < -0.39 is 29.9 Å². The van der Waals surface area contributed by atoms with Crippen LogP contribution in [0.5, 0.6) is 0 Å². The molecule has 0 radical (unpaired) electrons. The Labute approximate surface area is 98.2 Å². The number of carboxylic acid groups (broad SMARTS) is 1. The van der Waals surface area contributed by atoms with E-state index in [-0.39, 0.29) is 0 Å². The Kier molecular flexibility index (Phi) is 3.28. The maximum absolute atomic E-state index is 11.7. The van der Waals surface area contributed by atoms with Crippen LogP contribution in [-0.2, 0) is 9.59 Å². The van der Waals surface area contributed by atoms with Crippen molar-refractivity contribution in [2.45, 2.75) is 18.9 Å². The van der Waals surface area contributed by atoms with E-state index in [2.05, 4.69) is 10.6 Å². The molecule has 3 amide bonds. The largest absolute Gasteiger partial charge is 0.480 e. The number of quaternary nitrogens is 1. The van der Waals surface area contributed by atoms with E-state index in [9.17, 15) is 14.4 Å². The highest BCUT2D eigenvalue weighted by Gasteiger charge is 2.42. The molecule has 2 unspecified atom stereocenters. The molecular weight excluding hydrogens is 226 g/mol. The summed E-state index contributed by atoms with van der Waals surface area (Å²) in [5, 5.41) is 13.4. The van der Waals surface area contributed by atoms with E-state index >= 15 is 0 Å². The van der Waals surface area contributed by atoms with E-state index in [1.54, 1.807) is 0 Å². The number of imide groups is 1. The van der Waals surface area contributed by atoms with Crippen molar-refractivity contribution in [1.82, 2.24) is 10.6 Å². The van der Waals surface area contributed by atoms with Crippen LogP contribution in [-0.4, -0.2) is 48.7 Å². The zero-order valence-corrected chi connectivity index (χ0v) is 9.36. The summed E-state index contributed by atoms with van der Waals surface area (Å²) in [7, 11) is 0. The van der Waals surface area contributed by atoms with Gasteiger partial charge in [0.15, 0.2) is 0 Å². The zero-order chi connectivity index (χ0) is 12.4. The maximum atomic E-state index is 11.7. The Morgan fingerprint density at radius 3 is 2.59 bits per heavy atom. The maximum Gasteiger partial charge on any atom is 0.327 e. The van der Waals surface area contributed by atoms with Crippen molar-refractivity contribution in [3.8, 4) is 0 Å². The lowest BCUT2D eigenvalue weighted by Crippen LogP contribution is -3.11. The van der Waals surface area contributed by atoms with Gasteiger partial charge in [-0.3, -0.25) is 10.1 Å². The molecule has 4 N–H and O–H groups in total. The number of hydrogen-bond donors (Lipinski definition) is 4. The highest BCUT2D eigenvalue weighted by Crippen LogP contribution is 2.08. The van der Waals surface area contributed by atoms with Crippen LogP contribution in [0.3, 0.4) is 0 Å². The molecule has 2 atom stereocenters. The van der Waals surface area contributed by atoms with Crippen LogP contribution >= 0.6 is 0 Å². The first-order chi connectivity index (χ1) is 8.08. The van der Waals surface area contributed by atoms with Gasteiger partial charge in [0.1, 0.15) is 12.0 Å². The van der Waals surface area contributed by atoms with Crippen molar-refractivity contribution in [2.24, 2.45) is 5.92 Å². The van der Waals surface area contributed by atoms with Crippen LogP contribution in [0.4, 0.5) is 4.79 Å². The van der Waals surface area contributed by atoms with Gasteiger partial charge in [0, 0.05) is 12.8 Å². The summed E-state index contributed by atoms with van der Waals surface area (Å²) in [4.78, 5) is 35.0. The molecule has 0 aromatic heterocycles. The first-order valence-corrected chi connectivity index (χ1v) is 5.75. The first kappa shape index (κ1) is 11.8. The van der Waals surface area contributed by atoms with Gasteiger partial charge >= 0.3 is 12.0 Å². The fourth-order valence-corrected chi connectivity index (χ4v) is 2.47. The van der Waals surface area contributed by atoms with Crippen molar-refractivity contribution in [2.75, 3.05) is 19.6 Å². The average molecular weight is 242 g/mol. The normalized spacial score (nSPS) is 29.9. The number of amides is 3. The van der Waals surface area contributed by atoms with Crippen molar-refractivity contribution >= 4 is 17.9 Å². The SMILES string of the molecule is O=C1NC(=O)C(C[NH+]2CCCC2)C(C(=O)O)N1. The van der Waals surface area contributed by atoms with Crippen LogP contribution in [0.25, 0.3) is 0 Å². The van der Waals surface area contributed by atoms with Gasteiger partial charge in [-0.25, -0.2) is 9.59 Å². The first-order valence-electron chi connectivity index (χ1n) is 5.75. The second-order valence-corrected chi connectivity index (χ2v) is 4.55. The molecule has 7 heteroatoms. The molecule has 2 fully saturated rings. The van der Waals surface area contributed by atoms with Crippen LogP contribution in [0.15, 0.2) is 0 Å². The van der Waals surface area contributed by atoms with E-state index in [1.165, 1.54) is 4.90 Å². The molecule has 2 heterocycles. The van der Waals surface area contributed by atoms with Gasteiger partial charge < -0.3 is 15.3 Å². The fourth-order valence-electron chi connectivity index (χ4n) is 2.47. The predicted octanol–water partition coefficient (Wildman–Crippen LogP) is -2.43. The van der Waals surface area contributed by atoms with Crippen LogP contribution in [0, 0.1) is 5.92 Å². The average Bonchev–Trinajstić information content (AvgIpc) is 2.74. The van der Waals surface area contributed by atoms with Crippen LogP contribution < -0.4 is 15.5 Å². The highest BCUT2D eigenvalue weighted by molar-refractivity contribution is 6.02. The summed E-state index contributed by atoms with van der Waals surface area (Å²) >= 11 is 0. The van der Waals surface area contributed by atoms with Crippen molar-refractivity contribution in [3.63, 3.8) is 0 Å². The molecule has 2 saturated heterocycles. The molecule has 0 aromatic rings. The lowest BCUT2D eigenvalue weighted by atomic mass is 9.96. The smallest absolute Gasteiger partial charge is 0.327 e. The number of carbonyl (C=O) groups is 3. The number of urea groups is 1. The molecule has 94 valence electrons. The van der Waals surface area contributed by atoms with Crippen LogP contribution in [0.1, 0.15) is 12.8 Å². The summed E-state index contributed by atoms with van der Waals surface area (Å²) in [6.07, 6.45) is 2.21. The monoisotopic (exact) mass is 242 g/mol. The van der Waals surface area contributed by atoms with Gasteiger partial charge in [-0.1, -0.05) is 0 Å². The minimum absolute atomic E-state index is 0.461. The molecule has 2 aliphatic heterocycles. The van der Waals surface area contributed by atoms with E-state index in [1.807, 2.05) is 0 Å². The van der Waals surface area contributed by atoms with Gasteiger partial charge in [0.25, 0.3) is 0 Å². The van der Waals surface area contributed by atoms with Gasteiger partial charge in [-0.15, -0.1) is 0 Å². The van der Waals surface area contributed by atoms with Gasteiger partial charge in [-0.2, -0.15) is 0 Å². The second-order valence-electron chi connectivity index (χ2n) is 4.55. The molecule has 17 heavy (non-hydrogen) atoms. The number of rotatable bonds is 3. The minimum atomic E-state index is -1.16. The zero-order valence-electron chi connectivity index (χ0n) is 9.36. The number of nitrogens with one attached hydrogen (secondary N) is 3. The molecule has 7 nitrogen and oxygen atoms in total. The topological polar surface area (TPSA) is 99.9 Å². The van der Waals surface area contributed by atoms with Gasteiger partial charge in [-0.05, 0) is 0 Å². The number of carbonyl (C=O) groups excluding carboxylic acids is 2. The molecule has 2 aliphatic rings. The summed E-state index contributed by atoms with van der Waals surface area (Å²) in [6.45, 7) is 2.39. The Bertz CT molecular complexity index is 351. The number of aliphatic carboxylic acids is 1. The lowest BCUT2D eigenvalue weighted by molar-refractivity contribution is -0.889. The molecule has 0 aromatic carbocycles. The molecule has 0 spiro atoms. The molecular formula is C10H16N3O4+. The third kappa shape index (κ3) is 2.55. The molecule has 0 aliphatic carbocycles.